The summed E-state index contributed by atoms with van der Waals surface area (Å²) < 4.78 is 12.3. The van der Waals surface area contributed by atoms with Crippen LogP contribution in [0.25, 0.3) is 11.4 Å². The predicted molar refractivity (Wildman–Crippen MR) is 78.0 cm³/mol. The van der Waals surface area contributed by atoms with E-state index in [0.717, 1.165) is 30.1 Å². The number of nitrogen functional groups attached to an aromatic ring is 1. The van der Waals surface area contributed by atoms with Gasteiger partial charge in [-0.15, -0.1) is 0 Å². The Hall–Kier alpha value is -2.24. The summed E-state index contributed by atoms with van der Waals surface area (Å²) in [4.78, 5) is 4.54. The fraction of sp³-hybridized carbons (Fsp3) is 0.429. The van der Waals surface area contributed by atoms with Crippen molar-refractivity contribution in [2.75, 3.05) is 20.0 Å². The Kier molecular flexibility index (Phi) is 4.12. The van der Waals surface area contributed by atoms with Crippen LogP contribution in [-0.4, -0.2) is 29.0 Å². The second kappa shape index (κ2) is 5.81. The summed E-state index contributed by atoms with van der Waals surface area (Å²) in [5, 5.41) is 4.39. The lowest BCUT2D eigenvalue weighted by Gasteiger charge is -2.11. The van der Waals surface area contributed by atoms with Gasteiger partial charge in [-0.3, -0.25) is 0 Å². The van der Waals surface area contributed by atoms with Gasteiger partial charge in [0.1, 0.15) is 0 Å². The highest BCUT2D eigenvalue weighted by Gasteiger charge is 2.16. The Balaban J connectivity index is 2.51. The number of anilines is 1. The molecule has 0 amide bonds. The van der Waals surface area contributed by atoms with Gasteiger partial charge >= 0.3 is 0 Å². The second-order valence-corrected chi connectivity index (χ2v) is 4.52. The topological polar surface area (TPSA) is 75.2 Å². The molecule has 20 heavy (non-hydrogen) atoms. The average Bonchev–Trinajstić information content (AvgIpc) is 2.79. The number of hydrogen-bond acceptors (Lipinski definition) is 5. The molecule has 0 radical (unpaired) electrons. The number of methoxy groups -OCH3 is 2. The molecule has 1 aromatic heterocycles. The third-order valence-electron chi connectivity index (χ3n) is 3.08. The molecule has 0 fully saturated rings. The van der Waals surface area contributed by atoms with Crippen molar-refractivity contribution in [3.63, 3.8) is 0 Å². The Morgan fingerprint density at radius 3 is 2.45 bits per heavy atom. The molecule has 2 N–H and O–H groups in total. The first-order valence-corrected chi connectivity index (χ1v) is 6.52. The summed E-state index contributed by atoms with van der Waals surface area (Å²) in [5.41, 5.74) is 7.46. The van der Waals surface area contributed by atoms with Gasteiger partial charge in [-0.05, 0) is 12.5 Å². The molecule has 108 valence electrons. The van der Waals surface area contributed by atoms with Gasteiger partial charge in [0.05, 0.1) is 14.2 Å². The van der Waals surface area contributed by atoms with Crippen molar-refractivity contribution < 1.29 is 9.47 Å². The zero-order valence-electron chi connectivity index (χ0n) is 12.3. The van der Waals surface area contributed by atoms with Crippen LogP contribution in [-0.2, 0) is 13.5 Å². The Labute approximate surface area is 118 Å². The zero-order valence-corrected chi connectivity index (χ0v) is 12.3. The standard InChI is InChI=1S/C14H20N4O2/c1-5-6-13-16-14(18(2)17-13)9-7-11(19-3)12(20-4)8-10(9)15/h7-8H,5-6,15H2,1-4H3. The number of ether oxygens (including phenoxy) is 2. The predicted octanol–water partition coefficient (Wildman–Crippen LogP) is 2.03. The van der Waals surface area contributed by atoms with E-state index in [1.54, 1.807) is 25.0 Å². The van der Waals surface area contributed by atoms with E-state index in [1.807, 2.05) is 13.1 Å². The molecule has 6 heteroatoms. The number of nitrogens with two attached hydrogens (primary N) is 1. The van der Waals surface area contributed by atoms with Crippen molar-refractivity contribution in [3.8, 4) is 22.9 Å². The van der Waals surface area contributed by atoms with Crippen molar-refractivity contribution in [3.05, 3.63) is 18.0 Å². The molecule has 0 aliphatic rings. The van der Waals surface area contributed by atoms with Gasteiger partial charge in [0.15, 0.2) is 23.1 Å². The van der Waals surface area contributed by atoms with Gasteiger partial charge in [-0.1, -0.05) is 6.92 Å². The maximum Gasteiger partial charge on any atom is 0.162 e. The van der Waals surface area contributed by atoms with Crippen molar-refractivity contribution in [1.82, 2.24) is 14.8 Å². The number of aromatic nitrogens is 3. The van der Waals surface area contributed by atoms with Crippen LogP contribution >= 0.6 is 0 Å². The molecule has 0 aliphatic carbocycles. The number of rotatable bonds is 5. The van der Waals surface area contributed by atoms with Gasteiger partial charge in [0.25, 0.3) is 0 Å². The normalized spacial score (nSPS) is 10.6. The molecule has 0 saturated carbocycles. The van der Waals surface area contributed by atoms with E-state index in [0.29, 0.717) is 17.2 Å². The fourth-order valence-electron chi connectivity index (χ4n) is 2.09. The summed E-state index contributed by atoms with van der Waals surface area (Å²) in [5.74, 6) is 2.77. The number of aryl methyl sites for hydroxylation is 2. The summed E-state index contributed by atoms with van der Waals surface area (Å²) in [6.07, 6.45) is 1.85. The van der Waals surface area contributed by atoms with Crippen LogP contribution in [0.1, 0.15) is 19.2 Å². The molecule has 1 aromatic carbocycles. The van der Waals surface area contributed by atoms with Crippen molar-refractivity contribution in [2.45, 2.75) is 19.8 Å². The van der Waals surface area contributed by atoms with Crippen LogP contribution in [0.2, 0.25) is 0 Å². The molecule has 0 atom stereocenters. The SMILES string of the molecule is CCCc1nc(-c2cc(OC)c(OC)cc2N)n(C)n1. The van der Waals surface area contributed by atoms with Gasteiger partial charge in [0.2, 0.25) is 0 Å². The highest BCUT2D eigenvalue weighted by Crippen LogP contribution is 2.36. The van der Waals surface area contributed by atoms with E-state index in [-0.39, 0.29) is 0 Å². The molecule has 1 heterocycles. The highest BCUT2D eigenvalue weighted by molar-refractivity contribution is 5.76. The summed E-state index contributed by atoms with van der Waals surface area (Å²) in [6.45, 7) is 2.10. The first-order valence-electron chi connectivity index (χ1n) is 6.52. The number of hydrogen-bond donors (Lipinski definition) is 1. The molecule has 0 unspecified atom stereocenters. The molecule has 0 spiro atoms. The third kappa shape index (κ3) is 2.54. The monoisotopic (exact) mass is 276 g/mol. The lowest BCUT2D eigenvalue weighted by atomic mass is 10.1. The van der Waals surface area contributed by atoms with Gasteiger partial charge in [0, 0.05) is 30.8 Å². The van der Waals surface area contributed by atoms with Crippen LogP contribution in [0.5, 0.6) is 11.5 Å². The maximum absolute atomic E-state index is 6.09. The quantitative estimate of drug-likeness (QED) is 0.846. The first kappa shape index (κ1) is 14.2. The van der Waals surface area contributed by atoms with E-state index in [2.05, 4.69) is 17.0 Å². The Morgan fingerprint density at radius 2 is 1.85 bits per heavy atom. The van der Waals surface area contributed by atoms with Crippen LogP contribution in [0.15, 0.2) is 12.1 Å². The maximum atomic E-state index is 6.09. The lowest BCUT2D eigenvalue weighted by Crippen LogP contribution is -2.00. The van der Waals surface area contributed by atoms with Crippen LogP contribution in [0, 0.1) is 0 Å². The zero-order chi connectivity index (χ0) is 14.7. The molecule has 2 rings (SSSR count). The van der Waals surface area contributed by atoms with Crippen LogP contribution < -0.4 is 15.2 Å². The minimum atomic E-state index is 0.584. The van der Waals surface area contributed by atoms with E-state index in [1.165, 1.54) is 0 Å². The van der Waals surface area contributed by atoms with E-state index < -0.39 is 0 Å². The summed E-state index contributed by atoms with van der Waals surface area (Å²) >= 11 is 0. The van der Waals surface area contributed by atoms with Crippen molar-refractivity contribution in [1.29, 1.82) is 0 Å². The first-order chi connectivity index (χ1) is 9.60. The molecular formula is C14H20N4O2. The van der Waals surface area contributed by atoms with E-state index >= 15 is 0 Å². The molecule has 0 bridgehead atoms. The smallest absolute Gasteiger partial charge is 0.162 e. The van der Waals surface area contributed by atoms with Gasteiger partial charge in [-0.25, -0.2) is 9.67 Å². The van der Waals surface area contributed by atoms with Crippen molar-refractivity contribution in [2.24, 2.45) is 7.05 Å². The minimum Gasteiger partial charge on any atom is -0.493 e. The van der Waals surface area contributed by atoms with E-state index in [4.69, 9.17) is 15.2 Å². The van der Waals surface area contributed by atoms with Crippen LogP contribution in [0.4, 0.5) is 5.69 Å². The second-order valence-electron chi connectivity index (χ2n) is 4.52. The molecule has 0 saturated heterocycles. The summed E-state index contributed by atoms with van der Waals surface area (Å²) in [7, 11) is 5.04. The molecule has 0 aliphatic heterocycles. The largest absolute Gasteiger partial charge is 0.493 e. The number of nitrogens with zero attached hydrogens (tertiary/aromatic N) is 3. The fourth-order valence-corrected chi connectivity index (χ4v) is 2.09. The van der Waals surface area contributed by atoms with Crippen molar-refractivity contribution >= 4 is 5.69 Å². The van der Waals surface area contributed by atoms with Crippen LogP contribution in [0.3, 0.4) is 0 Å². The molecule has 6 nitrogen and oxygen atoms in total. The van der Waals surface area contributed by atoms with Gasteiger partial charge in [-0.2, -0.15) is 5.10 Å². The average molecular weight is 276 g/mol. The Bertz CT molecular complexity index is 607. The number of benzene rings is 1. The third-order valence-corrected chi connectivity index (χ3v) is 3.08. The summed E-state index contributed by atoms with van der Waals surface area (Å²) in [6, 6.07) is 3.57. The minimum absolute atomic E-state index is 0.584. The Morgan fingerprint density at radius 1 is 1.20 bits per heavy atom. The molecular weight excluding hydrogens is 256 g/mol. The lowest BCUT2D eigenvalue weighted by molar-refractivity contribution is 0.355. The highest BCUT2D eigenvalue weighted by atomic mass is 16.5. The van der Waals surface area contributed by atoms with Gasteiger partial charge < -0.3 is 15.2 Å². The molecule has 2 aromatic rings. The van der Waals surface area contributed by atoms with E-state index in [9.17, 15) is 0 Å².